The van der Waals surface area contributed by atoms with E-state index in [0.717, 1.165) is 36.0 Å². The van der Waals surface area contributed by atoms with Gasteiger partial charge in [0.05, 0.1) is 10.7 Å². The zero-order valence-corrected chi connectivity index (χ0v) is 10.3. The number of hydrogen-bond acceptors (Lipinski definition) is 3. The zero-order chi connectivity index (χ0) is 11.4. The summed E-state index contributed by atoms with van der Waals surface area (Å²) < 4.78 is 0. The van der Waals surface area contributed by atoms with Crippen LogP contribution in [0.3, 0.4) is 0 Å². The largest absolute Gasteiger partial charge is 0.367 e. The Morgan fingerprint density at radius 2 is 2.25 bits per heavy atom. The van der Waals surface area contributed by atoms with Crippen molar-refractivity contribution in [3.63, 3.8) is 0 Å². The number of rotatable bonds is 6. The van der Waals surface area contributed by atoms with E-state index in [9.17, 15) is 0 Å². The maximum absolute atomic E-state index is 6.10. The Morgan fingerprint density at radius 1 is 1.44 bits per heavy atom. The first kappa shape index (κ1) is 11.7. The summed E-state index contributed by atoms with van der Waals surface area (Å²) in [6.45, 7) is 3.89. The van der Waals surface area contributed by atoms with Crippen molar-refractivity contribution in [1.29, 1.82) is 0 Å². The molecule has 1 heterocycles. The number of pyridine rings is 1. The van der Waals surface area contributed by atoms with Gasteiger partial charge < -0.3 is 10.6 Å². The van der Waals surface area contributed by atoms with Gasteiger partial charge in [0.1, 0.15) is 5.82 Å². The Kier molecular flexibility index (Phi) is 4.02. The summed E-state index contributed by atoms with van der Waals surface area (Å²) in [6.07, 6.45) is 3.64. The van der Waals surface area contributed by atoms with Crippen LogP contribution in [0, 0.1) is 0 Å². The van der Waals surface area contributed by atoms with E-state index in [1.807, 2.05) is 12.1 Å². The quantitative estimate of drug-likeness (QED) is 0.750. The Balaban J connectivity index is 1.97. The smallest absolute Gasteiger partial charge is 0.126 e. The molecule has 1 aromatic rings. The van der Waals surface area contributed by atoms with E-state index in [0.29, 0.717) is 6.04 Å². The molecular formula is C12H18ClN3. The standard InChI is InChI=1S/C12H18ClN3/c1-2-7-14-8-11-10(13)5-6-12(16-11)15-9-3-4-9/h5-6,9,14H,2-4,7-8H2,1H3,(H,15,16). The van der Waals surface area contributed by atoms with Crippen LogP contribution in [0.2, 0.25) is 5.02 Å². The van der Waals surface area contributed by atoms with E-state index in [1.165, 1.54) is 12.8 Å². The fourth-order valence-electron chi connectivity index (χ4n) is 1.51. The highest BCUT2D eigenvalue weighted by atomic mass is 35.5. The lowest BCUT2D eigenvalue weighted by Gasteiger charge is -2.08. The number of anilines is 1. The van der Waals surface area contributed by atoms with Crippen LogP contribution in [-0.4, -0.2) is 17.6 Å². The molecule has 2 N–H and O–H groups in total. The van der Waals surface area contributed by atoms with Gasteiger partial charge in [0.25, 0.3) is 0 Å². The molecule has 1 saturated carbocycles. The minimum Gasteiger partial charge on any atom is -0.367 e. The van der Waals surface area contributed by atoms with E-state index in [-0.39, 0.29) is 0 Å². The highest BCUT2D eigenvalue weighted by Gasteiger charge is 2.21. The molecule has 0 unspecified atom stereocenters. The minimum absolute atomic E-state index is 0.630. The summed E-state index contributed by atoms with van der Waals surface area (Å²) >= 11 is 6.10. The van der Waals surface area contributed by atoms with Crippen molar-refractivity contribution < 1.29 is 0 Å². The van der Waals surface area contributed by atoms with Crippen LogP contribution in [0.4, 0.5) is 5.82 Å². The molecule has 0 atom stereocenters. The number of halogens is 1. The zero-order valence-electron chi connectivity index (χ0n) is 9.59. The van der Waals surface area contributed by atoms with E-state index in [4.69, 9.17) is 11.6 Å². The number of hydrogen-bond donors (Lipinski definition) is 2. The summed E-state index contributed by atoms with van der Waals surface area (Å²) in [5.41, 5.74) is 0.931. The molecule has 1 aliphatic rings. The summed E-state index contributed by atoms with van der Waals surface area (Å²) in [4.78, 5) is 4.52. The van der Waals surface area contributed by atoms with Crippen LogP contribution in [0.1, 0.15) is 31.9 Å². The van der Waals surface area contributed by atoms with Crippen molar-refractivity contribution in [2.24, 2.45) is 0 Å². The lowest BCUT2D eigenvalue weighted by molar-refractivity contribution is 0.665. The van der Waals surface area contributed by atoms with Gasteiger partial charge in [-0.2, -0.15) is 0 Å². The van der Waals surface area contributed by atoms with Crippen LogP contribution in [0.5, 0.6) is 0 Å². The van der Waals surface area contributed by atoms with E-state index < -0.39 is 0 Å². The van der Waals surface area contributed by atoms with Gasteiger partial charge in [-0.05, 0) is 37.9 Å². The molecule has 88 valence electrons. The summed E-state index contributed by atoms with van der Waals surface area (Å²) in [7, 11) is 0. The van der Waals surface area contributed by atoms with Crippen LogP contribution in [-0.2, 0) is 6.54 Å². The third-order valence-corrected chi connectivity index (χ3v) is 2.91. The number of nitrogens with zero attached hydrogens (tertiary/aromatic N) is 1. The molecule has 1 fully saturated rings. The van der Waals surface area contributed by atoms with Gasteiger partial charge in [0.15, 0.2) is 0 Å². The Hall–Kier alpha value is -0.800. The third-order valence-electron chi connectivity index (χ3n) is 2.57. The third kappa shape index (κ3) is 3.35. The first-order valence-corrected chi connectivity index (χ1v) is 6.30. The molecule has 3 nitrogen and oxygen atoms in total. The van der Waals surface area contributed by atoms with Gasteiger partial charge >= 0.3 is 0 Å². The average molecular weight is 240 g/mol. The highest BCUT2D eigenvalue weighted by molar-refractivity contribution is 6.31. The van der Waals surface area contributed by atoms with Crippen LogP contribution < -0.4 is 10.6 Å². The second kappa shape index (κ2) is 5.51. The summed E-state index contributed by atoms with van der Waals surface area (Å²) in [5.74, 6) is 0.945. The van der Waals surface area contributed by atoms with Crippen LogP contribution in [0.25, 0.3) is 0 Å². The fraction of sp³-hybridized carbons (Fsp3) is 0.583. The lowest BCUT2D eigenvalue weighted by Crippen LogP contribution is -2.16. The summed E-state index contributed by atoms with van der Waals surface area (Å²) in [5, 5.41) is 7.43. The predicted molar refractivity (Wildman–Crippen MR) is 67.9 cm³/mol. The van der Waals surface area contributed by atoms with Crippen LogP contribution in [0.15, 0.2) is 12.1 Å². The van der Waals surface area contributed by atoms with E-state index in [1.54, 1.807) is 0 Å². The number of aromatic nitrogens is 1. The van der Waals surface area contributed by atoms with Gasteiger partial charge in [-0.3, -0.25) is 0 Å². The summed E-state index contributed by atoms with van der Waals surface area (Å²) in [6, 6.07) is 4.50. The van der Waals surface area contributed by atoms with Gasteiger partial charge in [-0.1, -0.05) is 18.5 Å². The second-order valence-electron chi connectivity index (χ2n) is 4.22. The van der Waals surface area contributed by atoms with Crippen molar-refractivity contribution in [2.45, 2.75) is 38.8 Å². The molecule has 16 heavy (non-hydrogen) atoms. The van der Waals surface area contributed by atoms with Gasteiger partial charge in [-0.15, -0.1) is 0 Å². The Bertz CT molecular complexity index is 350. The van der Waals surface area contributed by atoms with Crippen molar-refractivity contribution in [3.8, 4) is 0 Å². The number of nitrogens with one attached hydrogen (secondary N) is 2. The average Bonchev–Trinajstić information content (AvgIpc) is 3.07. The van der Waals surface area contributed by atoms with Gasteiger partial charge in [0, 0.05) is 12.6 Å². The van der Waals surface area contributed by atoms with Crippen LogP contribution >= 0.6 is 11.6 Å². The molecule has 0 saturated heterocycles. The molecule has 0 spiro atoms. The van der Waals surface area contributed by atoms with Crippen molar-refractivity contribution in [2.75, 3.05) is 11.9 Å². The fourth-order valence-corrected chi connectivity index (χ4v) is 1.68. The monoisotopic (exact) mass is 239 g/mol. The maximum Gasteiger partial charge on any atom is 0.126 e. The van der Waals surface area contributed by atoms with Crippen molar-refractivity contribution >= 4 is 17.4 Å². The Morgan fingerprint density at radius 3 is 2.94 bits per heavy atom. The second-order valence-corrected chi connectivity index (χ2v) is 4.63. The molecule has 0 bridgehead atoms. The highest BCUT2D eigenvalue weighted by Crippen LogP contribution is 2.25. The molecule has 0 amide bonds. The molecule has 0 radical (unpaired) electrons. The molecule has 1 aliphatic carbocycles. The Labute approximate surface area is 102 Å². The van der Waals surface area contributed by atoms with Crippen molar-refractivity contribution in [3.05, 3.63) is 22.8 Å². The van der Waals surface area contributed by atoms with E-state index in [2.05, 4.69) is 22.5 Å². The molecule has 4 heteroatoms. The maximum atomic E-state index is 6.10. The normalized spacial score (nSPS) is 15.1. The lowest BCUT2D eigenvalue weighted by atomic mass is 10.3. The molecule has 0 aromatic carbocycles. The van der Waals surface area contributed by atoms with E-state index >= 15 is 0 Å². The van der Waals surface area contributed by atoms with Crippen molar-refractivity contribution in [1.82, 2.24) is 10.3 Å². The molecule has 2 rings (SSSR count). The predicted octanol–water partition coefficient (Wildman–Crippen LogP) is 2.81. The SMILES string of the molecule is CCCNCc1nc(NC2CC2)ccc1Cl. The molecule has 0 aliphatic heterocycles. The molecule has 1 aromatic heterocycles. The van der Waals surface area contributed by atoms with Gasteiger partial charge in [-0.25, -0.2) is 4.98 Å². The topological polar surface area (TPSA) is 37.0 Å². The first-order chi connectivity index (χ1) is 7.79. The van der Waals surface area contributed by atoms with Gasteiger partial charge in [0.2, 0.25) is 0 Å². The molecular weight excluding hydrogens is 222 g/mol. The first-order valence-electron chi connectivity index (χ1n) is 5.92. The minimum atomic E-state index is 0.630.